The predicted octanol–water partition coefficient (Wildman–Crippen LogP) is 5.00. The third-order valence-corrected chi connectivity index (χ3v) is 4.22. The SMILES string of the molecule is Clc1cnc2nc1NCc1cccc(c1)OCCOc1cccc(c1)N2.O=CC(F)(F)F. The highest BCUT2D eigenvalue weighted by atomic mass is 35.5. The monoisotopic (exact) mass is 466 g/mol. The average Bonchev–Trinajstić information content (AvgIpc) is 2.77. The Balaban J connectivity index is 0.000000427. The lowest BCUT2D eigenvalue weighted by Gasteiger charge is -2.13. The molecule has 0 radical (unpaired) electrons. The van der Waals surface area contributed by atoms with Gasteiger partial charge in [-0.15, -0.1) is 0 Å². The van der Waals surface area contributed by atoms with Crippen LogP contribution in [0.4, 0.5) is 30.6 Å². The number of nitrogens with one attached hydrogen (secondary N) is 2. The van der Waals surface area contributed by atoms with Crippen molar-refractivity contribution in [1.82, 2.24) is 9.97 Å². The third kappa shape index (κ3) is 7.31. The minimum Gasteiger partial charge on any atom is -0.490 e. The fraction of sp³-hybridized carbons (Fsp3) is 0.190. The van der Waals surface area contributed by atoms with E-state index in [9.17, 15) is 13.2 Å². The van der Waals surface area contributed by atoms with Crippen molar-refractivity contribution in [3.8, 4) is 11.5 Å². The number of hydrogen-bond donors (Lipinski definition) is 2. The molecule has 0 fully saturated rings. The molecule has 0 amide bonds. The van der Waals surface area contributed by atoms with E-state index in [1.54, 1.807) is 6.20 Å². The standard InChI is InChI=1S/C19H17ClN4O2.C2HF3O/c20-17-12-22-19-23-14-4-2-6-16(10-14)26-8-7-25-15-5-1-3-13(9-15)11-21-18(17)24-19;3-2(4,5)1-6/h1-6,9-10,12H,7-8,11H2,(H2,21,22,23,24);1H. The van der Waals surface area contributed by atoms with Crippen molar-refractivity contribution in [2.24, 2.45) is 0 Å². The maximum absolute atomic E-state index is 10.4. The first-order chi connectivity index (χ1) is 15.3. The highest BCUT2D eigenvalue weighted by Gasteiger charge is 2.24. The predicted molar refractivity (Wildman–Crippen MR) is 114 cm³/mol. The topological polar surface area (TPSA) is 85.4 Å². The van der Waals surface area contributed by atoms with Crippen molar-refractivity contribution in [3.63, 3.8) is 0 Å². The van der Waals surface area contributed by atoms with Crippen molar-refractivity contribution in [2.75, 3.05) is 23.8 Å². The fourth-order valence-electron chi connectivity index (χ4n) is 2.59. The first kappa shape index (κ1) is 23.1. The molecule has 1 aromatic heterocycles. The molecular formula is C21H18ClF3N4O3. The Hall–Kier alpha value is -3.53. The summed E-state index contributed by atoms with van der Waals surface area (Å²) in [6, 6.07) is 15.5. The van der Waals surface area contributed by atoms with Crippen molar-refractivity contribution in [2.45, 2.75) is 12.7 Å². The molecule has 1 aliphatic heterocycles. The highest BCUT2D eigenvalue weighted by Crippen LogP contribution is 2.24. The Morgan fingerprint density at radius 2 is 1.69 bits per heavy atom. The first-order valence-electron chi connectivity index (χ1n) is 9.33. The van der Waals surface area contributed by atoms with Gasteiger partial charge < -0.3 is 20.1 Å². The second-order valence-corrected chi connectivity index (χ2v) is 6.81. The minimum atomic E-state index is -4.64. The van der Waals surface area contributed by atoms with Gasteiger partial charge in [0.05, 0.1) is 6.20 Å². The molecule has 168 valence electrons. The maximum atomic E-state index is 10.4. The van der Waals surface area contributed by atoms with Crippen LogP contribution in [0.15, 0.2) is 54.7 Å². The lowest BCUT2D eigenvalue weighted by atomic mass is 10.2. The zero-order chi connectivity index (χ0) is 23.0. The quantitative estimate of drug-likeness (QED) is 0.451. The normalized spacial score (nSPS) is 13.1. The third-order valence-electron chi connectivity index (χ3n) is 3.95. The smallest absolute Gasteiger partial charge is 0.446 e. The summed E-state index contributed by atoms with van der Waals surface area (Å²) in [7, 11) is 0. The Labute approximate surface area is 186 Å². The Morgan fingerprint density at radius 3 is 2.38 bits per heavy atom. The number of rotatable bonds is 0. The van der Waals surface area contributed by atoms with Gasteiger partial charge in [-0.25, -0.2) is 4.98 Å². The second-order valence-electron chi connectivity index (χ2n) is 6.40. The molecular weight excluding hydrogens is 449 g/mol. The van der Waals surface area contributed by atoms with Crippen LogP contribution in [-0.4, -0.2) is 35.6 Å². The van der Waals surface area contributed by atoms with E-state index < -0.39 is 12.5 Å². The van der Waals surface area contributed by atoms with Gasteiger partial charge in [0, 0.05) is 18.3 Å². The van der Waals surface area contributed by atoms with Gasteiger partial charge in [-0.3, -0.25) is 4.79 Å². The minimum absolute atomic E-state index is 0.452. The number of alkyl halides is 3. The molecule has 0 saturated heterocycles. The van der Waals surface area contributed by atoms with Crippen LogP contribution in [0.5, 0.6) is 11.5 Å². The van der Waals surface area contributed by atoms with E-state index in [0.717, 1.165) is 22.7 Å². The summed E-state index contributed by atoms with van der Waals surface area (Å²) in [6.07, 6.45) is -4.13. The van der Waals surface area contributed by atoms with Crippen LogP contribution >= 0.6 is 11.6 Å². The summed E-state index contributed by atoms with van der Waals surface area (Å²) in [5.74, 6) is 2.56. The van der Waals surface area contributed by atoms with E-state index in [4.69, 9.17) is 25.9 Å². The summed E-state index contributed by atoms with van der Waals surface area (Å²) in [5.41, 5.74) is 1.89. The van der Waals surface area contributed by atoms with E-state index >= 15 is 0 Å². The van der Waals surface area contributed by atoms with Crippen LogP contribution in [0.2, 0.25) is 5.02 Å². The van der Waals surface area contributed by atoms with E-state index in [1.165, 1.54) is 0 Å². The van der Waals surface area contributed by atoms with Gasteiger partial charge >= 0.3 is 6.18 Å². The summed E-state index contributed by atoms with van der Waals surface area (Å²) in [5, 5.41) is 6.87. The molecule has 11 heteroatoms. The summed E-state index contributed by atoms with van der Waals surface area (Å²) in [6.45, 7) is 1.48. The van der Waals surface area contributed by atoms with Gasteiger partial charge in [-0.2, -0.15) is 18.2 Å². The number of aromatic nitrogens is 2. The van der Waals surface area contributed by atoms with Gasteiger partial charge in [-0.1, -0.05) is 29.8 Å². The van der Waals surface area contributed by atoms with Crippen LogP contribution in [0.25, 0.3) is 0 Å². The lowest BCUT2D eigenvalue weighted by molar-refractivity contribution is -0.156. The molecule has 2 aromatic carbocycles. The van der Waals surface area contributed by atoms with Gasteiger partial charge in [-0.05, 0) is 29.8 Å². The van der Waals surface area contributed by atoms with Crippen LogP contribution in [-0.2, 0) is 11.3 Å². The lowest BCUT2D eigenvalue weighted by Crippen LogP contribution is -2.10. The number of fused-ring (bicyclic) bond motifs is 6. The maximum Gasteiger partial charge on any atom is 0.446 e. The first-order valence-corrected chi connectivity index (χ1v) is 9.71. The zero-order valence-electron chi connectivity index (χ0n) is 16.5. The molecule has 4 rings (SSSR count). The molecule has 32 heavy (non-hydrogen) atoms. The van der Waals surface area contributed by atoms with Gasteiger partial charge in [0.2, 0.25) is 12.2 Å². The number of aldehydes is 1. The molecule has 6 bridgehead atoms. The molecule has 3 aromatic rings. The summed E-state index contributed by atoms with van der Waals surface area (Å²) >= 11 is 6.22. The van der Waals surface area contributed by atoms with Gasteiger partial charge in [0.15, 0.2) is 5.82 Å². The number of benzene rings is 2. The largest absolute Gasteiger partial charge is 0.490 e. The Morgan fingerprint density at radius 1 is 1.03 bits per heavy atom. The van der Waals surface area contributed by atoms with Gasteiger partial charge in [0.25, 0.3) is 0 Å². The number of nitrogens with zero attached hydrogens (tertiary/aromatic N) is 2. The number of ether oxygens (including phenoxy) is 2. The molecule has 0 atom stereocenters. The number of hydrogen-bond acceptors (Lipinski definition) is 7. The molecule has 0 aliphatic carbocycles. The molecule has 1 aliphatic rings. The van der Waals surface area contributed by atoms with E-state index in [2.05, 4.69) is 20.6 Å². The molecule has 2 heterocycles. The molecule has 0 spiro atoms. The van der Waals surface area contributed by atoms with Crippen LogP contribution in [0, 0.1) is 0 Å². The van der Waals surface area contributed by atoms with Crippen LogP contribution < -0.4 is 20.1 Å². The summed E-state index contributed by atoms with van der Waals surface area (Å²) < 4.78 is 42.8. The van der Waals surface area contributed by atoms with Crippen LogP contribution in [0.3, 0.4) is 0 Å². The van der Waals surface area contributed by atoms with Gasteiger partial charge in [0.1, 0.15) is 29.7 Å². The van der Waals surface area contributed by atoms with Crippen molar-refractivity contribution < 1.29 is 27.4 Å². The van der Waals surface area contributed by atoms with Crippen molar-refractivity contribution in [1.29, 1.82) is 0 Å². The second kappa shape index (κ2) is 10.7. The zero-order valence-corrected chi connectivity index (χ0v) is 17.3. The number of halogens is 4. The molecule has 7 nitrogen and oxygen atoms in total. The molecule has 0 unspecified atom stereocenters. The average molecular weight is 467 g/mol. The van der Waals surface area contributed by atoms with Crippen molar-refractivity contribution in [3.05, 3.63) is 65.3 Å². The van der Waals surface area contributed by atoms with Crippen LogP contribution in [0.1, 0.15) is 5.56 Å². The molecule has 0 saturated carbocycles. The van der Waals surface area contributed by atoms with Crippen molar-refractivity contribution >= 4 is 35.3 Å². The molecule has 2 N–H and O–H groups in total. The number of anilines is 3. The highest BCUT2D eigenvalue weighted by molar-refractivity contribution is 6.32. The number of carbonyl (C=O) groups is 1. The Kier molecular flexibility index (Phi) is 7.72. The van der Waals surface area contributed by atoms with E-state index in [0.29, 0.717) is 36.5 Å². The summed E-state index contributed by atoms with van der Waals surface area (Å²) in [4.78, 5) is 17.4. The number of carbonyl (C=O) groups excluding carboxylic acids is 1. The fourth-order valence-corrected chi connectivity index (χ4v) is 2.75. The van der Waals surface area contributed by atoms with E-state index in [-0.39, 0.29) is 0 Å². The Bertz CT molecular complexity index is 1070. The van der Waals surface area contributed by atoms with E-state index in [1.807, 2.05) is 48.5 Å².